The van der Waals surface area contributed by atoms with E-state index in [1.807, 2.05) is 20.9 Å². The van der Waals surface area contributed by atoms with Gasteiger partial charge in [0.25, 0.3) is 0 Å². The Morgan fingerprint density at radius 1 is 1.30 bits per heavy atom. The SMILES string of the molecule is CC.CCCC[N-]C.N/C=C/C=C(O)\C=C/c1c(C=O)ccc(F)c1F.[Os+]. The molecule has 1 aromatic carbocycles. The number of halogens is 2. The fraction of sp³-hybridized carbons (Fsp3) is 0.350. The Balaban J connectivity index is -0.000000547. The van der Waals surface area contributed by atoms with Crippen molar-refractivity contribution in [2.45, 2.75) is 33.6 Å². The van der Waals surface area contributed by atoms with Gasteiger partial charge in [-0.25, -0.2) is 8.78 Å². The fourth-order valence-corrected chi connectivity index (χ4v) is 1.55. The fourth-order valence-electron chi connectivity index (χ4n) is 1.55. The van der Waals surface area contributed by atoms with Crippen LogP contribution in [0.25, 0.3) is 11.4 Å². The van der Waals surface area contributed by atoms with Crippen molar-refractivity contribution in [2.75, 3.05) is 13.6 Å². The summed E-state index contributed by atoms with van der Waals surface area (Å²) >= 11 is 0. The van der Waals surface area contributed by atoms with Gasteiger partial charge in [-0.1, -0.05) is 33.6 Å². The van der Waals surface area contributed by atoms with Crippen LogP contribution in [0.2, 0.25) is 0 Å². The van der Waals surface area contributed by atoms with Gasteiger partial charge in [-0.2, -0.15) is 7.05 Å². The number of carbonyl (C=O) groups excluding carboxylic acids is 1. The third-order valence-electron chi connectivity index (χ3n) is 2.83. The van der Waals surface area contributed by atoms with Gasteiger partial charge >= 0.3 is 19.8 Å². The number of aliphatic hydroxyl groups is 1. The summed E-state index contributed by atoms with van der Waals surface area (Å²) in [7, 11) is 1.86. The van der Waals surface area contributed by atoms with Gasteiger partial charge in [0.1, 0.15) is 5.76 Å². The third-order valence-corrected chi connectivity index (χ3v) is 2.83. The number of hydrogen-bond donors (Lipinski definition) is 2. The maximum Gasteiger partial charge on any atom is 1.00 e. The van der Waals surface area contributed by atoms with Crippen LogP contribution in [-0.4, -0.2) is 25.0 Å². The molecule has 0 saturated heterocycles. The quantitative estimate of drug-likeness (QED) is 0.201. The summed E-state index contributed by atoms with van der Waals surface area (Å²) < 4.78 is 26.4. The monoisotopic (exact) mass is 559 g/mol. The Hall–Kier alpha value is -1.83. The average Bonchev–Trinajstić information content (AvgIpc) is 2.67. The van der Waals surface area contributed by atoms with Gasteiger partial charge in [-0.15, -0.1) is 6.54 Å². The number of unbranched alkanes of at least 4 members (excludes halogenated alkanes) is 1. The molecule has 0 aliphatic heterocycles. The number of rotatable bonds is 7. The molecular formula is C20H29F2N2O2Os. The summed E-state index contributed by atoms with van der Waals surface area (Å²) in [6, 6.07) is 2.02. The van der Waals surface area contributed by atoms with Crippen molar-refractivity contribution < 1.29 is 38.5 Å². The van der Waals surface area contributed by atoms with Crippen LogP contribution in [0.3, 0.4) is 0 Å². The number of aldehydes is 1. The predicted molar refractivity (Wildman–Crippen MR) is 105 cm³/mol. The van der Waals surface area contributed by atoms with Crippen molar-refractivity contribution in [3.05, 3.63) is 70.4 Å². The van der Waals surface area contributed by atoms with E-state index in [4.69, 9.17) is 5.73 Å². The van der Waals surface area contributed by atoms with E-state index in [1.165, 1.54) is 31.2 Å². The molecule has 3 N–H and O–H groups in total. The first kappa shape index (κ1) is 29.9. The molecule has 0 atom stereocenters. The summed E-state index contributed by atoms with van der Waals surface area (Å²) in [5, 5.41) is 13.3. The topological polar surface area (TPSA) is 77.4 Å². The van der Waals surface area contributed by atoms with Gasteiger partial charge in [0, 0.05) is 11.1 Å². The second kappa shape index (κ2) is 20.5. The molecule has 1 rings (SSSR count). The average molecular weight is 558 g/mol. The van der Waals surface area contributed by atoms with Gasteiger partial charge in [0.05, 0.1) is 0 Å². The summed E-state index contributed by atoms with van der Waals surface area (Å²) in [6.45, 7) is 7.21. The molecule has 1 radical (unpaired) electrons. The predicted octanol–water partition coefficient (Wildman–Crippen LogP) is 5.52. The maximum atomic E-state index is 13.4. The molecule has 153 valence electrons. The number of nitrogens with two attached hydrogens (primary N) is 1. The van der Waals surface area contributed by atoms with Crippen LogP contribution >= 0.6 is 0 Å². The molecule has 0 amide bonds. The van der Waals surface area contributed by atoms with E-state index in [-0.39, 0.29) is 36.7 Å². The number of benzene rings is 1. The first-order chi connectivity index (χ1) is 12.5. The van der Waals surface area contributed by atoms with Gasteiger partial charge in [0.15, 0.2) is 17.9 Å². The zero-order valence-corrected chi connectivity index (χ0v) is 18.8. The summed E-state index contributed by atoms with van der Waals surface area (Å²) in [5.41, 5.74) is 4.83. The Bertz CT molecular complexity index is 600. The summed E-state index contributed by atoms with van der Waals surface area (Å²) in [4.78, 5) is 10.7. The molecule has 27 heavy (non-hydrogen) atoms. The van der Waals surface area contributed by atoms with E-state index in [2.05, 4.69) is 12.2 Å². The van der Waals surface area contributed by atoms with E-state index in [9.17, 15) is 18.7 Å². The molecule has 0 spiro atoms. The van der Waals surface area contributed by atoms with Crippen LogP contribution in [0.4, 0.5) is 8.78 Å². The van der Waals surface area contributed by atoms with E-state index in [1.54, 1.807) is 0 Å². The molecule has 4 nitrogen and oxygen atoms in total. The second-order valence-corrected chi connectivity index (χ2v) is 4.69. The van der Waals surface area contributed by atoms with Crippen molar-refractivity contribution in [2.24, 2.45) is 5.73 Å². The first-order valence-corrected chi connectivity index (χ1v) is 8.46. The molecule has 0 aliphatic rings. The molecule has 0 aliphatic carbocycles. The number of nitrogens with zero attached hydrogens (tertiary/aromatic N) is 1. The van der Waals surface area contributed by atoms with Crippen LogP contribution in [0.5, 0.6) is 0 Å². The van der Waals surface area contributed by atoms with Crippen LogP contribution < -0.4 is 5.73 Å². The zero-order valence-electron chi connectivity index (χ0n) is 16.2. The molecule has 0 aromatic heterocycles. The minimum atomic E-state index is -1.14. The largest absolute Gasteiger partial charge is 1.00 e. The van der Waals surface area contributed by atoms with Gasteiger partial charge in [0.2, 0.25) is 0 Å². The van der Waals surface area contributed by atoms with Crippen molar-refractivity contribution in [3.63, 3.8) is 0 Å². The smallest absolute Gasteiger partial charge is 0.665 e. The standard InChI is InChI=1S/C13H11F2NO2.C5H12N.C2H6.Os/c14-12-6-3-9(8-17)11(13(12)15)5-4-10(18)2-1-7-16;1-3-4-5-6-2;1-2;/h1-8,18H,16H2;3-5H2,1-2H3;1-2H3;/q;-1;;+1/b5-4-,7-1+,10-2+;;;. The Morgan fingerprint density at radius 3 is 2.37 bits per heavy atom. The van der Waals surface area contributed by atoms with Crippen LogP contribution in [-0.2, 0) is 19.8 Å². The van der Waals surface area contributed by atoms with Crippen LogP contribution in [0.1, 0.15) is 49.5 Å². The normalized spacial score (nSPS) is 10.5. The minimum absolute atomic E-state index is 0. The van der Waals surface area contributed by atoms with Crippen LogP contribution in [0.15, 0.2) is 42.3 Å². The molecular weight excluding hydrogens is 528 g/mol. The van der Waals surface area contributed by atoms with Crippen LogP contribution in [0, 0.1) is 11.6 Å². The van der Waals surface area contributed by atoms with Gasteiger partial charge in [-0.3, -0.25) is 4.79 Å². The molecule has 0 bridgehead atoms. The third kappa shape index (κ3) is 14.0. The molecule has 0 fully saturated rings. The Kier molecular flexibility index (Phi) is 22.7. The van der Waals surface area contributed by atoms with Crippen molar-refractivity contribution in [1.29, 1.82) is 0 Å². The van der Waals surface area contributed by atoms with E-state index in [0.29, 0.717) is 6.29 Å². The van der Waals surface area contributed by atoms with Gasteiger partial charge in [-0.05, 0) is 42.6 Å². The van der Waals surface area contributed by atoms with E-state index < -0.39 is 11.6 Å². The van der Waals surface area contributed by atoms with Gasteiger partial charge < -0.3 is 16.2 Å². The molecule has 0 heterocycles. The maximum absolute atomic E-state index is 13.4. The Morgan fingerprint density at radius 2 is 1.93 bits per heavy atom. The van der Waals surface area contributed by atoms with Crippen molar-refractivity contribution in [3.8, 4) is 0 Å². The molecule has 0 unspecified atom stereocenters. The number of hydrogen-bond acceptors (Lipinski definition) is 3. The number of carbonyl (C=O) groups is 1. The van der Waals surface area contributed by atoms with E-state index in [0.717, 1.165) is 30.8 Å². The van der Waals surface area contributed by atoms with Crippen molar-refractivity contribution >= 4 is 12.4 Å². The Labute approximate surface area is 174 Å². The molecule has 7 heteroatoms. The minimum Gasteiger partial charge on any atom is -0.665 e. The van der Waals surface area contributed by atoms with Crippen molar-refractivity contribution in [1.82, 2.24) is 0 Å². The summed E-state index contributed by atoms with van der Waals surface area (Å²) in [6.07, 6.45) is 8.97. The zero-order chi connectivity index (χ0) is 20.4. The number of aliphatic hydroxyl groups excluding tert-OH is 1. The number of allylic oxidation sites excluding steroid dienone is 3. The second-order valence-electron chi connectivity index (χ2n) is 4.69. The molecule has 0 saturated carbocycles. The first-order valence-electron chi connectivity index (χ1n) is 8.46. The summed E-state index contributed by atoms with van der Waals surface area (Å²) in [5.74, 6) is -2.42. The van der Waals surface area contributed by atoms with E-state index >= 15 is 0 Å². The molecule has 1 aromatic rings.